The third-order valence-corrected chi connectivity index (χ3v) is 3.18. The fourth-order valence-corrected chi connectivity index (χ4v) is 2.30. The lowest BCUT2D eigenvalue weighted by Gasteiger charge is -2.15. The van der Waals surface area contributed by atoms with Gasteiger partial charge in [-0.25, -0.2) is 4.79 Å². The van der Waals surface area contributed by atoms with Gasteiger partial charge in [0, 0.05) is 24.2 Å². The molecule has 1 atom stereocenters. The Morgan fingerprint density at radius 3 is 2.50 bits per heavy atom. The van der Waals surface area contributed by atoms with E-state index in [1.54, 1.807) is 12.1 Å². The number of hydrogen-bond donors (Lipinski definition) is 3. The number of hydrogen-bond acceptors (Lipinski definition) is 2. The highest BCUT2D eigenvalue weighted by atomic mass is 19.4. The van der Waals surface area contributed by atoms with Crippen LogP contribution in [0.5, 0.6) is 0 Å². The number of aromatic amines is 1. The number of nitrogens with one attached hydrogen (secondary N) is 2. The lowest BCUT2D eigenvalue weighted by Crippen LogP contribution is -2.41. The number of carbonyl (C=O) groups is 2. The summed E-state index contributed by atoms with van der Waals surface area (Å²) in [5.41, 5.74) is -0.911. The molecule has 22 heavy (non-hydrogen) atoms. The Morgan fingerprint density at radius 2 is 1.95 bits per heavy atom. The van der Waals surface area contributed by atoms with E-state index in [1.165, 1.54) is 12.1 Å². The van der Waals surface area contributed by atoms with Gasteiger partial charge >= 0.3 is 12.1 Å². The summed E-state index contributed by atoms with van der Waals surface area (Å²) >= 11 is 0. The topological polar surface area (TPSA) is 82.2 Å². The zero-order valence-corrected chi connectivity index (χ0v) is 11.5. The van der Waals surface area contributed by atoms with Crippen molar-refractivity contribution in [3.63, 3.8) is 0 Å². The molecule has 0 spiro atoms. The lowest BCUT2D eigenvalue weighted by molar-refractivity contribution is -0.143. The average molecular weight is 314 g/mol. The van der Waals surface area contributed by atoms with Gasteiger partial charge in [0.15, 0.2) is 0 Å². The van der Waals surface area contributed by atoms with Crippen LogP contribution in [-0.2, 0) is 22.2 Å². The monoisotopic (exact) mass is 314 g/mol. The van der Waals surface area contributed by atoms with Gasteiger partial charge in [-0.1, -0.05) is 18.2 Å². The van der Waals surface area contributed by atoms with Crippen LogP contribution < -0.4 is 5.32 Å². The fraction of sp³-hybridized carbons (Fsp3) is 0.286. The van der Waals surface area contributed by atoms with Crippen molar-refractivity contribution in [1.29, 1.82) is 0 Å². The first-order chi connectivity index (χ1) is 10.2. The minimum absolute atomic E-state index is 0.177. The number of aromatic nitrogens is 1. The van der Waals surface area contributed by atoms with E-state index in [2.05, 4.69) is 10.3 Å². The van der Waals surface area contributed by atoms with E-state index >= 15 is 0 Å². The lowest BCUT2D eigenvalue weighted by atomic mass is 10.0. The van der Waals surface area contributed by atoms with E-state index in [4.69, 9.17) is 5.11 Å². The van der Waals surface area contributed by atoms with Gasteiger partial charge < -0.3 is 15.4 Å². The largest absolute Gasteiger partial charge is 0.480 e. The summed E-state index contributed by atoms with van der Waals surface area (Å²) in [6, 6.07) is 4.66. The van der Waals surface area contributed by atoms with E-state index in [0.29, 0.717) is 0 Å². The van der Waals surface area contributed by atoms with Crippen molar-refractivity contribution in [3.8, 4) is 0 Å². The molecule has 0 aliphatic rings. The Labute approximate surface area is 123 Å². The third-order valence-electron chi connectivity index (χ3n) is 3.18. The van der Waals surface area contributed by atoms with Crippen molar-refractivity contribution < 1.29 is 27.9 Å². The minimum Gasteiger partial charge on any atom is -0.480 e. The standard InChI is InChI=1S/C14H13F3N2O3/c1-7(20)18-11(13(21)22)6-9-8-4-2-3-5-10(8)19-12(9)14(15,16)17/h2-5,11,19H,6H2,1H3,(H,18,20)(H,21,22). The molecule has 2 rings (SSSR count). The van der Waals surface area contributed by atoms with Crippen LogP contribution in [0, 0.1) is 0 Å². The van der Waals surface area contributed by atoms with Gasteiger partial charge in [0.05, 0.1) is 0 Å². The molecule has 118 valence electrons. The van der Waals surface area contributed by atoms with Gasteiger partial charge in [0.1, 0.15) is 11.7 Å². The molecule has 1 amide bonds. The molecule has 1 heterocycles. The summed E-state index contributed by atoms with van der Waals surface area (Å²) in [4.78, 5) is 24.5. The van der Waals surface area contributed by atoms with Crippen LogP contribution in [0.4, 0.5) is 13.2 Å². The number of halogens is 3. The molecule has 1 unspecified atom stereocenters. The second-order valence-corrected chi connectivity index (χ2v) is 4.82. The Morgan fingerprint density at radius 1 is 1.32 bits per heavy atom. The minimum atomic E-state index is -4.65. The van der Waals surface area contributed by atoms with Crippen LogP contribution in [0.1, 0.15) is 18.2 Å². The van der Waals surface area contributed by atoms with Crippen LogP contribution in [0.25, 0.3) is 10.9 Å². The molecule has 0 fully saturated rings. The van der Waals surface area contributed by atoms with Crippen molar-refractivity contribution in [2.24, 2.45) is 0 Å². The zero-order valence-electron chi connectivity index (χ0n) is 11.5. The highest BCUT2D eigenvalue weighted by Crippen LogP contribution is 2.36. The number of carboxylic acids is 1. The van der Waals surface area contributed by atoms with Crippen LogP contribution in [0.2, 0.25) is 0 Å². The van der Waals surface area contributed by atoms with Gasteiger partial charge in [-0.2, -0.15) is 13.2 Å². The van der Waals surface area contributed by atoms with Gasteiger partial charge in [0.25, 0.3) is 0 Å². The molecule has 0 bridgehead atoms. The number of aliphatic carboxylic acids is 1. The summed E-state index contributed by atoms with van der Waals surface area (Å²) in [7, 11) is 0. The number of para-hydroxylation sites is 1. The molecule has 0 radical (unpaired) electrons. The quantitative estimate of drug-likeness (QED) is 0.810. The first kappa shape index (κ1) is 15.9. The third kappa shape index (κ3) is 3.21. The van der Waals surface area contributed by atoms with E-state index < -0.39 is 36.2 Å². The predicted molar refractivity (Wildman–Crippen MR) is 72.2 cm³/mol. The van der Waals surface area contributed by atoms with E-state index in [-0.39, 0.29) is 16.5 Å². The van der Waals surface area contributed by atoms with Gasteiger partial charge in [-0.3, -0.25) is 4.79 Å². The summed E-state index contributed by atoms with van der Waals surface area (Å²) in [6.07, 6.45) is -5.11. The van der Waals surface area contributed by atoms with Crippen molar-refractivity contribution in [2.45, 2.75) is 25.6 Å². The van der Waals surface area contributed by atoms with Gasteiger partial charge in [-0.15, -0.1) is 0 Å². The number of H-pyrrole nitrogens is 1. The molecule has 0 saturated carbocycles. The number of fused-ring (bicyclic) bond motifs is 1. The SMILES string of the molecule is CC(=O)NC(Cc1c(C(F)(F)F)[nH]c2ccccc12)C(=O)O. The van der Waals surface area contributed by atoms with Crippen LogP contribution in [0.15, 0.2) is 24.3 Å². The van der Waals surface area contributed by atoms with Crippen molar-refractivity contribution >= 4 is 22.8 Å². The van der Waals surface area contributed by atoms with Crippen molar-refractivity contribution in [3.05, 3.63) is 35.5 Å². The number of amides is 1. The molecule has 1 aromatic heterocycles. The number of rotatable bonds is 4. The zero-order chi connectivity index (χ0) is 16.5. The highest BCUT2D eigenvalue weighted by molar-refractivity contribution is 5.87. The highest BCUT2D eigenvalue weighted by Gasteiger charge is 2.37. The van der Waals surface area contributed by atoms with Gasteiger partial charge in [-0.05, 0) is 11.6 Å². The number of carboxylic acid groups (broad SMARTS) is 1. The maximum absolute atomic E-state index is 13.1. The normalized spacial score (nSPS) is 13.1. The van der Waals surface area contributed by atoms with Crippen molar-refractivity contribution in [2.75, 3.05) is 0 Å². The van der Waals surface area contributed by atoms with Crippen LogP contribution in [-0.4, -0.2) is 28.0 Å². The molecule has 5 nitrogen and oxygen atoms in total. The Hall–Kier alpha value is -2.51. The molecule has 0 saturated heterocycles. The van der Waals surface area contributed by atoms with E-state index in [9.17, 15) is 22.8 Å². The molecule has 1 aromatic carbocycles. The molecule has 3 N–H and O–H groups in total. The summed E-state index contributed by atoms with van der Waals surface area (Å²) in [5.74, 6) is -2.02. The summed E-state index contributed by atoms with van der Waals surface area (Å²) in [5, 5.41) is 11.5. The summed E-state index contributed by atoms with van der Waals surface area (Å²) < 4.78 is 39.4. The Kier molecular flexibility index (Phi) is 4.11. The molecule has 8 heteroatoms. The molecule has 0 aliphatic heterocycles. The van der Waals surface area contributed by atoms with Crippen LogP contribution >= 0.6 is 0 Å². The number of benzene rings is 1. The maximum atomic E-state index is 13.1. The van der Waals surface area contributed by atoms with Crippen molar-refractivity contribution in [1.82, 2.24) is 10.3 Å². The van der Waals surface area contributed by atoms with Gasteiger partial charge in [0.2, 0.25) is 5.91 Å². The number of carbonyl (C=O) groups excluding carboxylic acids is 1. The Bertz CT molecular complexity index is 722. The first-order valence-electron chi connectivity index (χ1n) is 6.37. The molecule has 0 aliphatic carbocycles. The van der Waals surface area contributed by atoms with Crippen LogP contribution in [0.3, 0.4) is 0 Å². The Balaban J connectivity index is 2.52. The average Bonchev–Trinajstić information content (AvgIpc) is 2.76. The molecule has 2 aromatic rings. The maximum Gasteiger partial charge on any atom is 0.431 e. The fourth-order valence-electron chi connectivity index (χ4n) is 2.30. The predicted octanol–water partition coefficient (Wildman–Crippen LogP) is 2.32. The van der Waals surface area contributed by atoms with E-state index in [0.717, 1.165) is 6.92 Å². The summed E-state index contributed by atoms with van der Waals surface area (Å²) in [6.45, 7) is 1.11. The second-order valence-electron chi connectivity index (χ2n) is 4.82. The smallest absolute Gasteiger partial charge is 0.431 e. The molecular formula is C14H13F3N2O3. The van der Waals surface area contributed by atoms with E-state index in [1.807, 2.05) is 0 Å². The molecular weight excluding hydrogens is 301 g/mol. The first-order valence-corrected chi connectivity index (χ1v) is 6.37. The second kappa shape index (κ2) is 5.70. The number of alkyl halides is 3.